The fourth-order valence-electron chi connectivity index (χ4n) is 1.54. The molecule has 0 saturated heterocycles. The first-order valence-electron chi connectivity index (χ1n) is 6.03. The maximum Gasteiger partial charge on any atom is 0.240 e. The molecule has 0 N–H and O–H groups in total. The largest absolute Gasteiger partial charge is 0.488 e. The van der Waals surface area contributed by atoms with Crippen LogP contribution in [0.5, 0.6) is 11.5 Å². The normalized spacial score (nSPS) is 11.5. The van der Waals surface area contributed by atoms with Gasteiger partial charge in [0.15, 0.2) is 17.4 Å². The van der Waals surface area contributed by atoms with Crippen molar-refractivity contribution in [3.05, 3.63) is 34.8 Å². The Morgan fingerprint density at radius 2 is 1.57 bits per heavy atom. The lowest BCUT2D eigenvalue weighted by molar-refractivity contribution is 0.266. The molecule has 0 fully saturated rings. The summed E-state index contributed by atoms with van der Waals surface area (Å²) in [6.07, 6.45) is 1.20. The molecule has 1 aromatic heterocycles. The first-order valence-corrected chi connectivity index (χ1v) is 8.56. The predicted octanol–water partition coefficient (Wildman–Crippen LogP) is 2.91. The van der Waals surface area contributed by atoms with Gasteiger partial charge < -0.3 is 9.47 Å². The van der Waals surface area contributed by atoms with Crippen molar-refractivity contribution < 1.29 is 35.5 Å². The van der Waals surface area contributed by atoms with E-state index in [-0.39, 0.29) is 10.9 Å². The highest BCUT2D eigenvalue weighted by atomic mass is 32.2. The van der Waals surface area contributed by atoms with E-state index < -0.39 is 50.5 Å². The summed E-state index contributed by atoms with van der Waals surface area (Å²) >= 11 is 0.754. The van der Waals surface area contributed by atoms with Crippen LogP contribution in [0.15, 0.2) is 15.9 Å². The number of hydrogen-bond donors (Lipinski definition) is 0. The Morgan fingerprint density at radius 3 is 2.00 bits per heavy atom. The molecule has 5 nitrogen and oxygen atoms in total. The Hall–Kier alpha value is -1.88. The van der Waals surface area contributed by atoms with Crippen LogP contribution in [0.2, 0.25) is 0 Å². The zero-order chi connectivity index (χ0) is 17.2. The molecule has 2 aromatic rings. The Kier molecular flexibility index (Phi) is 5.09. The Morgan fingerprint density at radius 1 is 1.04 bits per heavy atom. The van der Waals surface area contributed by atoms with Gasteiger partial charge in [0.25, 0.3) is 0 Å². The lowest BCUT2D eigenvalue weighted by Gasteiger charge is -2.12. The van der Waals surface area contributed by atoms with E-state index in [1.54, 1.807) is 0 Å². The topological polar surface area (TPSA) is 65.5 Å². The number of aromatic nitrogens is 1. The molecule has 0 amide bonds. The van der Waals surface area contributed by atoms with Crippen LogP contribution in [0.4, 0.5) is 17.6 Å². The van der Waals surface area contributed by atoms with Gasteiger partial charge in [-0.15, -0.1) is 11.3 Å². The zero-order valence-corrected chi connectivity index (χ0v) is 13.1. The highest BCUT2D eigenvalue weighted by Crippen LogP contribution is 2.35. The van der Waals surface area contributed by atoms with Crippen molar-refractivity contribution in [1.29, 1.82) is 0 Å². The van der Waals surface area contributed by atoms with Gasteiger partial charge in [-0.2, -0.15) is 17.6 Å². The van der Waals surface area contributed by atoms with Gasteiger partial charge in [-0.1, -0.05) is 0 Å². The Bertz CT molecular complexity index is 780. The summed E-state index contributed by atoms with van der Waals surface area (Å²) in [5.41, 5.74) is 0. The minimum absolute atomic E-state index is 0.231. The summed E-state index contributed by atoms with van der Waals surface area (Å²) in [5, 5.41) is 1.37. The van der Waals surface area contributed by atoms with Crippen molar-refractivity contribution in [1.82, 2.24) is 4.98 Å². The van der Waals surface area contributed by atoms with Crippen molar-refractivity contribution >= 4 is 21.2 Å². The highest BCUT2D eigenvalue weighted by molar-refractivity contribution is 7.93. The molecule has 0 aliphatic rings. The zero-order valence-electron chi connectivity index (χ0n) is 11.5. The SMILES string of the molecule is CCOc1c(F)c(F)c(OCS(=O)(=O)c2nccs2)c(F)c1F. The quantitative estimate of drug-likeness (QED) is 0.577. The third kappa shape index (κ3) is 3.39. The Labute approximate surface area is 132 Å². The minimum atomic E-state index is -4.12. The molecule has 126 valence electrons. The predicted molar refractivity (Wildman–Crippen MR) is 72.2 cm³/mol. The molecule has 0 saturated carbocycles. The molecule has 2 rings (SSSR count). The van der Waals surface area contributed by atoms with E-state index in [0.29, 0.717) is 0 Å². The van der Waals surface area contributed by atoms with Crippen LogP contribution in [-0.2, 0) is 9.84 Å². The average molecular weight is 371 g/mol. The lowest BCUT2D eigenvalue weighted by atomic mass is 10.2. The first kappa shape index (κ1) is 17.5. The molecule has 0 unspecified atom stereocenters. The second kappa shape index (κ2) is 6.71. The van der Waals surface area contributed by atoms with E-state index in [1.807, 2.05) is 0 Å². The van der Waals surface area contributed by atoms with Crippen molar-refractivity contribution in [2.24, 2.45) is 0 Å². The molecule has 0 atom stereocenters. The van der Waals surface area contributed by atoms with Crippen LogP contribution < -0.4 is 9.47 Å². The maximum atomic E-state index is 13.7. The smallest absolute Gasteiger partial charge is 0.240 e. The van der Waals surface area contributed by atoms with E-state index in [4.69, 9.17) is 0 Å². The number of hydrogen-bond acceptors (Lipinski definition) is 6. The summed E-state index contributed by atoms with van der Waals surface area (Å²) in [4.78, 5) is 3.51. The van der Waals surface area contributed by atoms with Gasteiger partial charge in [0.2, 0.25) is 37.4 Å². The number of thiazole rings is 1. The van der Waals surface area contributed by atoms with Crippen LogP contribution >= 0.6 is 11.3 Å². The second-order valence-corrected chi connectivity index (χ2v) is 7.03. The molecule has 0 bridgehead atoms. The summed E-state index contributed by atoms with van der Waals surface area (Å²) < 4.78 is 86.9. The van der Waals surface area contributed by atoms with Crippen LogP contribution in [0.3, 0.4) is 0 Å². The van der Waals surface area contributed by atoms with E-state index in [1.165, 1.54) is 18.5 Å². The third-order valence-corrected chi connectivity index (χ3v) is 5.19. The summed E-state index contributed by atoms with van der Waals surface area (Å²) in [6.45, 7) is 1.13. The van der Waals surface area contributed by atoms with E-state index in [9.17, 15) is 26.0 Å². The molecule has 0 spiro atoms. The van der Waals surface area contributed by atoms with E-state index >= 15 is 0 Å². The maximum absolute atomic E-state index is 13.7. The van der Waals surface area contributed by atoms with Crippen molar-refractivity contribution in [2.75, 3.05) is 12.5 Å². The molecule has 1 aromatic carbocycles. The van der Waals surface area contributed by atoms with E-state index in [2.05, 4.69) is 14.5 Å². The van der Waals surface area contributed by atoms with Gasteiger partial charge in [0.1, 0.15) is 0 Å². The average Bonchev–Trinajstić information content (AvgIpc) is 3.05. The van der Waals surface area contributed by atoms with Crippen molar-refractivity contribution in [2.45, 2.75) is 11.3 Å². The summed E-state index contributed by atoms with van der Waals surface area (Å²) in [5.74, 6) is -11.4. The van der Waals surface area contributed by atoms with Crippen LogP contribution in [0, 0.1) is 23.3 Å². The summed E-state index contributed by atoms with van der Waals surface area (Å²) in [6, 6.07) is 0. The van der Waals surface area contributed by atoms with Crippen LogP contribution in [-0.4, -0.2) is 25.9 Å². The van der Waals surface area contributed by atoms with Gasteiger partial charge >= 0.3 is 0 Å². The standard InChI is InChI=1S/C12H9F4NO4S2/c1-2-20-10-6(13)8(15)11(9(16)7(10)14)21-5-23(18,19)12-17-3-4-22-12/h3-4H,2,5H2,1H3. The number of sulfone groups is 1. The van der Waals surface area contributed by atoms with Gasteiger partial charge in [0.05, 0.1) is 6.61 Å². The third-order valence-electron chi connectivity index (χ3n) is 2.51. The Balaban J connectivity index is 2.34. The molecule has 23 heavy (non-hydrogen) atoms. The first-order chi connectivity index (χ1) is 10.8. The number of halogens is 4. The number of ether oxygens (including phenoxy) is 2. The molecular weight excluding hydrogens is 362 g/mol. The second-order valence-electron chi connectivity index (χ2n) is 4.02. The van der Waals surface area contributed by atoms with Gasteiger partial charge in [-0.25, -0.2) is 13.4 Å². The van der Waals surface area contributed by atoms with Gasteiger partial charge in [0, 0.05) is 11.6 Å². The molecular formula is C12H9F4NO4S2. The minimum Gasteiger partial charge on any atom is -0.488 e. The lowest BCUT2D eigenvalue weighted by Crippen LogP contribution is -2.15. The molecule has 0 radical (unpaired) electrons. The van der Waals surface area contributed by atoms with Gasteiger partial charge in [-0.3, -0.25) is 0 Å². The van der Waals surface area contributed by atoms with Crippen molar-refractivity contribution in [3.8, 4) is 11.5 Å². The summed E-state index contributed by atoms with van der Waals surface area (Å²) in [7, 11) is -4.12. The van der Waals surface area contributed by atoms with Crippen molar-refractivity contribution in [3.63, 3.8) is 0 Å². The van der Waals surface area contributed by atoms with Crippen LogP contribution in [0.1, 0.15) is 6.92 Å². The monoisotopic (exact) mass is 371 g/mol. The number of rotatable bonds is 6. The molecule has 1 heterocycles. The fourth-order valence-corrected chi connectivity index (χ4v) is 3.39. The molecule has 0 aliphatic heterocycles. The molecule has 11 heteroatoms. The highest BCUT2D eigenvalue weighted by Gasteiger charge is 2.29. The number of benzene rings is 1. The van der Waals surface area contributed by atoms with E-state index in [0.717, 1.165) is 11.3 Å². The fraction of sp³-hybridized carbons (Fsp3) is 0.250. The number of nitrogens with zero attached hydrogens (tertiary/aromatic N) is 1. The molecule has 0 aliphatic carbocycles. The van der Waals surface area contributed by atoms with Gasteiger partial charge in [-0.05, 0) is 6.92 Å². The van der Waals surface area contributed by atoms with Crippen LogP contribution in [0.25, 0.3) is 0 Å².